The van der Waals surface area contributed by atoms with E-state index in [9.17, 15) is 4.79 Å². The lowest BCUT2D eigenvalue weighted by Gasteiger charge is -2.28. The summed E-state index contributed by atoms with van der Waals surface area (Å²) < 4.78 is 7.88. The lowest BCUT2D eigenvalue weighted by atomic mass is 10.1. The normalized spacial score (nSPS) is 14.9. The molecule has 0 unspecified atom stereocenters. The molecule has 10 heteroatoms. The Labute approximate surface area is 186 Å². The van der Waals surface area contributed by atoms with Gasteiger partial charge in [-0.2, -0.15) is 10.1 Å². The molecule has 0 atom stereocenters. The SMILES string of the molecule is CCc1nc(C(N)=O)c(Nc2ccn(C3CCN(C)CC3)n2)nc1Oc1cccc(N)c1. The minimum Gasteiger partial charge on any atom is -0.437 e. The van der Waals surface area contributed by atoms with Crippen molar-refractivity contribution in [3.05, 3.63) is 47.9 Å². The number of likely N-dealkylation sites (tertiary alicyclic amines) is 1. The molecule has 2 aromatic heterocycles. The number of aromatic nitrogens is 4. The molecule has 0 spiro atoms. The van der Waals surface area contributed by atoms with Gasteiger partial charge in [-0.3, -0.25) is 9.48 Å². The number of amides is 1. The molecule has 1 fully saturated rings. The van der Waals surface area contributed by atoms with Gasteiger partial charge in [-0.1, -0.05) is 13.0 Å². The van der Waals surface area contributed by atoms with Crippen LogP contribution in [-0.4, -0.2) is 50.7 Å². The van der Waals surface area contributed by atoms with Gasteiger partial charge in [0, 0.05) is 24.0 Å². The molecule has 32 heavy (non-hydrogen) atoms. The van der Waals surface area contributed by atoms with E-state index in [-0.39, 0.29) is 17.4 Å². The minimum atomic E-state index is -0.681. The van der Waals surface area contributed by atoms with Crippen molar-refractivity contribution in [3.8, 4) is 11.6 Å². The van der Waals surface area contributed by atoms with Crippen LogP contribution in [0.4, 0.5) is 17.3 Å². The highest BCUT2D eigenvalue weighted by Crippen LogP contribution is 2.29. The van der Waals surface area contributed by atoms with Crippen LogP contribution in [0.3, 0.4) is 0 Å². The number of nitrogens with zero attached hydrogens (tertiary/aromatic N) is 5. The standard InChI is InChI=1S/C22H28N8O2/c1-3-17-22(32-16-6-4-5-14(23)13-16)27-21(19(25-17)20(24)31)26-18-9-12-30(28-18)15-7-10-29(2)11-8-15/h4-6,9,12-13,15H,3,7-8,10-11,23H2,1-2H3,(H2,24,31)(H,26,27,28). The van der Waals surface area contributed by atoms with E-state index in [1.54, 1.807) is 24.3 Å². The highest BCUT2D eigenvalue weighted by Gasteiger charge is 2.21. The number of carbonyl (C=O) groups is 1. The highest BCUT2D eigenvalue weighted by atomic mass is 16.5. The summed E-state index contributed by atoms with van der Waals surface area (Å²) in [4.78, 5) is 23.3. The zero-order valence-electron chi connectivity index (χ0n) is 18.3. The Morgan fingerprint density at radius 3 is 2.72 bits per heavy atom. The zero-order valence-corrected chi connectivity index (χ0v) is 18.3. The second kappa shape index (κ2) is 9.23. The summed E-state index contributed by atoms with van der Waals surface area (Å²) in [5, 5.41) is 7.72. The Kier molecular flexibility index (Phi) is 6.22. The van der Waals surface area contributed by atoms with Gasteiger partial charge in [0.05, 0.1) is 6.04 Å². The fourth-order valence-electron chi connectivity index (χ4n) is 3.70. The summed E-state index contributed by atoms with van der Waals surface area (Å²) in [6.07, 6.45) is 4.51. The average molecular weight is 437 g/mol. The highest BCUT2D eigenvalue weighted by molar-refractivity contribution is 5.96. The van der Waals surface area contributed by atoms with E-state index >= 15 is 0 Å². The molecule has 1 aliphatic heterocycles. The predicted octanol–water partition coefficient (Wildman–Crippen LogP) is 2.72. The van der Waals surface area contributed by atoms with Crippen LogP contribution in [0, 0.1) is 0 Å². The van der Waals surface area contributed by atoms with Gasteiger partial charge >= 0.3 is 0 Å². The van der Waals surface area contributed by atoms with Crippen LogP contribution in [0.2, 0.25) is 0 Å². The first-order valence-corrected chi connectivity index (χ1v) is 10.7. The first-order chi connectivity index (χ1) is 15.4. The van der Waals surface area contributed by atoms with Crippen molar-refractivity contribution in [2.75, 3.05) is 31.2 Å². The number of hydrogen-bond acceptors (Lipinski definition) is 8. The summed E-state index contributed by atoms with van der Waals surface area (Å²) in [6.45, 7) is 3.97. The van der Waals surface area contributed by atoms with E-state index in [0.717, 1.165) is 25.9 Å². The maximum Gasteiger partial charge on any atom is 0.271 e. The quantitative estimate of drug-likeness (QED) is 0.481. The van der Waals surface area contributed by atoms with Crippen LogP contribution in [0.5, 0.6) is 11.6 Å². The van der Waals surface area contributed by atoms with Crippen LogP contribution < -0.4 is 21.5 Å². The molecule has 0 aliphatic carbocycles. The van der Waals surface area contributed by atoms with E-state index in [1.165, 1.54) is 0 Å². The Balaban J connectivity index is 1.61. The number of benzene rings is 1. The molecule has 1 amide bonds. The summed E-state index contributed by atoms with van der Waals surface area (Å²) in [5.41, 5.74) is 12.6. The van der Waals surface area contributed by atoms with Gasteiger partial charge in [-0.25, -0.2) is 4.98 Å². The van der Waals surface area contributed by atoms with Gasteiger partial charge in [0.15, 0.2) is 17.3 Å². The Morgan fingerprint density at radius 2 is 2.03 bits per heavy atom. The molecule has 168 valence electrons. The third-order valence-electron chi connectivity index (χ3n) is 5.49. The van der Waals surface area contributed by atoms with Gasteiger partial charge in [0.25, 0.3) is 5.91 Å². The maximum atomic E-state index is 12.1. The number of nitrogen functional groups attached to an aromatic ring is 1. The van der Waals surface area contributed by atoms with E-state index in [0.29, 0.717) is 35.4 Å². The van der Waals surface area contributed by atoms with E-state index < -0.39 is 5.91 Å². The molecule has 10 nitrogen and oxygen atoms in total. The topological polar surface area (TPSA) is 137 Å². The molecule has 1 aliphatic rings. The Morgan fingerprint density at radius 1 is 1.25 bits per heavy atom. The Hall–Kier alpha value is -3.66. The fraction of sp³-hybridized carbons (Fsp3) is 0.364. The largest absolute Gasteiger partial charge is 0.437 e. The van der Waals surface area contributed by atoms with Crippen molar-refractivity contribution in [2.45, 2.75) is 32.2 Å². The van der Waals surface area contributed by atoms with Gasteiger partial charge in [0.1, 0.15) is 11.4 Å². The number of aryl methyl sites for hydroxylation is 1. The van der Waals surface area contributed by atoms with E-state index in [2.05, 4.69) is 32.3 Å². The summed E-state index contributed by atoms with van der Waals surface area (Å²) in [5.74, 6) is 0.876. The smallest absolute Gasteiger partial charge is 0.271 e. The van der Waals surface area contributed by atoms with Crippen molar-refractivity contribution in [2.24, 2.45) is 5.73 Å². The lowest BCUT2D eigenvalue weighted by Crippen LogP contribution is -2.31. The van der Waals surface area contributed by atoms with Gasteiger partial charge < -0.3 is 26.4 Å². The fourth-order valence-corrected chi connectivity index (χ4v) is 3.70. The number of rotatable bonds is 7. The number of anilines is 3. The van der Waals surface area contributed by atoms with Crippen molar-refractivity contribution >= 4 is 23.2 Å². The van der Waals surface area contributed by atoms with Gasteiger partial charge in [-0.15, -0.1) is 0 Å². The van der Waals surface area contributed by atoms with Crippen molar-refractivity contribution in [1.82, 2.24) is 24.6 Å². The third-order valence-corrected chi connectivity index (χ3v) is 5.49. The van der Waals surface area contributed by atoms with Gasteiger partial charge in [-0.05, 0) is 51.5 Å². The Bertz CT molecular complexity index is 1110. The third kappa shape index (κ3) is 4.80. The second-order valence-electron chi connectivity index (χ2n) is 7.91. The molecule has 0 bridgehead atoms. The zero-order chi connectivity index (χ0) is 22.7. The number of ether oxygens (including phenoxy) is 1. The lowest BCUT2D eigenvalue weighted by molar-refractivity contribution is 0.0996. The van der Waals surface area contributed by atoms with Crippen LogP contribution in [0.25, 0.3) is 0 Å². The number of nitrogens with two attached hydrogens (primary N) is 2. The molecule has 0 saturated carbocycles. The van der Waals surface area contributed by atoms with E-state index in [1.807, 2.05) is 23.9 Å². The van der Waals surface area contributed by atoms with Gasteiger partial charge in [0.2, 0.25) is 5.88 Å². The van der Waals surface area contributed by atoms with E-state index in [4.69, 9.17) is 16.2 Å². The van der Waals surface area contributed by atoms with Crippen LogP contribution in [0.1, 0.15) is 42.0 Å². The number of hydrogen-bond donors (Lipinski definition) is 3. The summed E-state index contributed by atoms with van der Waals surface area (Å²) in [7, 11) is 2.12. The number of piperidine rings is 1. The van der Waals surface area contributed by atoms with Crippen LogP contribution >= 0.6 is 0 Å². The first-order valence-electron chi connectivity index (χ1n) is 10.7. The number of nitrogens with one attached hydrogen (secondary N) is 1. The van der Waals surface area contributed by atoms with Crippen molar-refractivity contribution in [1.29, 1.82) is 0 Å². The molecule has 5 N–H and O–H groups in total. The summed E-state index contributed by atoms with van der Waals surface area (Å²) >= 11 is 0. The maximum absolute atomic E-state index is 12.1. The van der Waals surface area contributed by atoms with Crippen molar-refractivity contribution in [3.63, 3.8) is 0 Å². The molecular formula is C22H28N8O2. The first kappa shape index (κ1) is 21.6. The molecule has 1 aromatic carbocycles. The monoisotopic (exact) mass is 436 g/mol. The predicted molar refractivity (Wildman–Crippen MR) is 122 cm³/mol. The molecule has 1 saturated heterocycles. The average Bonchev–Trinajstić information content (AvgIpc) is 3.23. The number of carbonyl (C=O) groups excluding carboxylic acids is 1. The molecule has 4 rings (SSSR count). The second-order valence-corrected chi connectivity index (χ2v) is 7.91. The molecular weight excluding hydrogens is 408 g/mol. The summed E-state index contributed by atoms with van der Waals surface area (Å²) in [6, 6.07) is 9.21. The molecule has 0 radical (unpaired) electrons. The molecule has 3 aromatic rings. The van der Waals surface area contributed by atoms with Crippen molar-refractivity contribution < 1.29 is 9.53 Å². The minimum absolute atomic E-state index is 0.0376. The molecule has 3 heterocycles. The van der Waals surface area contributed by atoms with Crippen LogP contribution in [-0.2, 0) is 6.42 Å². The van der Waals surface area contributed by atoms with Crippen LogP contribution in [0.15, 0.2) is 36.5 Å². The number of primary amides is 1.